The molecular formula is C25H26N2O3S. The van der Waals surface area contributed by atoms with Crippen LogP contribution in [-0.4, -0.2) is 29.8 Å². The van der Waals surface area contributed by atoms with Crippen molar-refractivity contribution in [2.24, 2.45) is 5.92 Å². The van der Waals surface area contributed by atoms with Crippen LogP contribution >= 0.6 is 11.8 Å². The van der Waals surface area contributed by atoms with Crippen molar-refractivity contribution in [3.63, 3.8) is 0 Å². The van der Waals surface area contributed by atoms with E-state index >= 15 is 0 Å². The second-order valence-electron chi connectivity index (χ2n) is 7.50. The van der Waals surface area contributed by atoms with E-state index in [1.165, 1.54) is 0 Å². The van der Waals surface area contributed by atoms with E-state index in [2.05, 4.69) is 34.9 Å². The third kappa shape index (κ3) is 5.28. The van der Waals surface area contributed by atoms with Gasteiger partial charge in [-0.2, -0.15) is 0 Å². The summed E-state index contributed by atoms with van der Waals surface area (Å²) in [4.78, 5) is 12.8. The molecule has 0 spiro atoms. The van der Waals surface area contributed by atoms with E-state index in [9.17, 15) is 9.90 Å². The number of carbonyl (C=O) groups excluding carboxylic acids is 1. The summed E-state index contributed by atoms with van der Waals surface area (Å²) in [5, 5.41) is 16.9. The summed E-state index contributed by atoms with van der Waals surface area (Å²) < 4.78 is 5.18. The lowest BCUT2D eigenvalue weighted by Gasteiger charge is -2.36. The maximum atomic E-state index is 12.8. The van der Waals surface area contributed by atoms with E-state index in [-0.39, 0.29) is 11.2 Å². The van der Waals surface area contributed by atoms with Crippen molar-refractivity contribution in [3.05, 3.63) is 102 Å². The summed E-state index contributed by atoms with van der Waals surface area (Å²) in [6, 6.07) is 27.9. The van der Waals surface area contributed by atoms with Crippen molar-refractivity contribution in [1.29, 1.82) is 0 Å². The SMILES string of the molecule is COc1ccc(CC2C(=O)NC(SC(c3ccccc3)c3ccccc3)NC2O)cc1. The first-order valence-corrected chi connectivity index (χ1v) is 11.2. The number of benzene rings is 3. The van der Waals surface area contributed by atoms with E-state index in [0.29, 0.717) is 6.42 Å². The summed E-state index contributed by atoms with van der Waals surface area (Å²) in [6.07, 6.45) is -0.483. The third-order valence-corrected chi connectivity index (χ3v) is 6.75. The molecular weight excluding hydrogens is 408 g/mol. The average Bonchev–Trinajstić information content (AvgIpc) is 2.81. The normalized spacial score (nSPS) is 21.0. The number of hydrogen-bond donors (Lipinski definition) is 3. The van der Waals surface area contributed by atoms with Gasteiger partial charge in [0.05, 0.1) is 18.3 Å². The van der Waals surface area contributed by atoms with Gasteiger partial charge in [-0.15, -0.1) is 11.8 Å². The number of aliphatic hydroxyl groups is 1. The molecule has 6 heteroatoms. The lowest BCUT2D eigenvalue weighted by Crippen LogP contribution is -2.60. The van der Waals surface area contributed by atoms with Gasteiger partial charge in [0.1, 0.15) is 17.5 Å². The van der Waals surface area contributed by atoms with Crippen molar-refractivity contribution in [2.75, 3.05) is 7.11 Å². The molecule has 0 aromatic heterocycles. The Labute approximate surface area is 186 Å². The summed E-state index contributed by atoms with van der Waals surface area (Å²) in [5.41, 5.74) is 2.86. The monoisotopic (exact) mass is 434 g/mol. The molecule has 0 radical (unpaired) electrons. The van der Waals surface area contributed by atoms with Gasteiger partial charge < -0.3 is 15.2 Å². The van der Waals surface area contributed by atoms with Crippen LogP contribution in [0.1, 0.15) is 21.9 Å². The first kappa shape index (κ1) is 21.4. The van der Waals surface area contributed by atoms with Gasteiger partial charge in [0.15, 0.2) is 0 Å². The number of aliphatic hydroxyl groups excluding tert-OH is 1. The van der Waals surface area contributed by atoms with Crippen LogP contribution in [0, 0.1) is 5.92 Å². The molecule has 3 aromatic rings. The summed E-state index contributed by atoms with van der Waals surface area (Å²) in [6.45, 7) is 0. The molecule has 3 aromatic carbocycles. The van der Waals surface area contributed by atoms with Gasteiger partial charge in [0.25, 0.3) is 0 Å². The Bertz CT molecular complexity index is 943. The van der Waals surface area contributed by atoms with Gasteiger partial charge in [0, 0.05) is 0 Å². The van der Waals surface area contributed by atoms with Crippen LogP contribution in [0.4, 0.5) is 0 Å². The smallest absolute Gasteiger partial charge is 0.229 e. The Balaban J connectivity index is 1.46. The zero-order valence-electron chi connectivity index (χ0n) is 17.3. The molecule has 3 atom stereocenters. The van der Waals surface area contributed by atoms with Crippen LogP contribution in [0.3, 0.4) is 0 Å². The summed E-state index contributed by atoms with van der Waals surface area (Å²) in [5.74, 6) is 0.0523. The molecule has 1 amide bonds. The fraction of sp³-hybridized carbons (Fsp3) is 0.240. The highest BCUT2D eigenvalue weighted by Crippen LogP contribution is 2.38. The van der Waals surface area contributed by atoms with Crippen LogP contribution < -0.4 is 15.4 Å². The molecule has 0 aliphatic carbocycles. The molecule has 3 N–H and O–H groups in total. The maximum absolute atomic E-state index is 12.8. The van der Waals surface area contributed by atoms with Gasteiger partial charge in [-0.05, 0) is 35.2 Å². The Morgan fingerprint density at radius 2 is 1.52 bits per heavy atom. The minimum absolute atomic E-state index is 0.0190. The van der Waals surface area contributed by atoms with E-state index in [1.54, 1.807) is 18.9 Å². The van der Waals surface area contributed by atoms with Gasteiger partial charge in [-0.25, -0.2) is 0 Å². The van der Waals surface area contributed by atoms with Gasteiger partial charge >= 0.3 is 0 Å². The molecule has 4 rings (SSSR count). The summed E-state index contributed by atoms with van der Waals surface area (Å²) >= 11 is 1.57. The quantitative estimate of drug-likeness (QED) is 0.529. The molecule has 31 heavy (non-hydrogen) atoms. The minimum Gasteiger partial charge on any atom is -0.497 e. The number of methoxy groups -OCH3 is 1. The lowest BCUT2D eigenvalue weighted by atomic mass is 9.95. The van der Waals surface area contributed by atoms with Crippen molar-refractivity contribution in [2.45, 2.75) is 23.4 Å². The van der Waals surface area contributed by atoms with Crippen molar-refractivity contribution in [1.82, 2.24) is 10.6 Å². The van der Waals surface area contributed by atoms with Gasteiger partial charge in [-0.3, -0.25) is 10.1 Å². The Hall–Kier alpha value is -2.80. The number of rotatable bonds is 7. The molecule has 1 fully saturated rings. The second-order valence-corrected chi connectivity index (χ2v) is 8.71. The van der Waals surface area contributed by atoms with Crippen LogP contribution in [0.2, 0.25) is 0 Å². The number of ether oxygens (including phenoxy) is 1. The first-order valence-electron chi connectivity index (χ1n) is 10.3. The van der Waals surface area contributed by atoms with Crippen molar-refractivity contribution >= 4 is 17.7 Å². The number of carbonyl (C=O) groups is 1. The Morgan fingerprint density at radius 1 is 0.935 bits per heavy atom. The highest BCUT2D eigenvalue weighted by atomic mass is 32.2. The predicted octanol–water partition coefficient (Wildman–Crippen LogP) is 3.70. The topological polar surface area (TPSA) is 70.6 Å². The number of hydrogen-bond acceptors (Lipinski definition) is 5. The third-order valence-electron chi connectivity index (χ3n) is 5.40. The minimum atomic E-state index is -0.930. The van der Waals surface area contributed by atoms with Crippen LogP contribution in [0.25, 0.3) is 0 Å². The Morgan fingerprint density at radius 3 is 2.03 bits per heavy atom. The van der Waals surface area contributed by atoms with E-state index in [4.69, 9.17) is 4.74 Å². The highest BCUT2D eigenvalue weighted by molar-refractivity contribution is 8.00. The molecule has 1 aliphatic rings. The molecule has 160 valence electrons. The Kier molecular flexibility index (Phi) is 6.92. The van der Waals surface area contributed by atoms with Crippen LogP contribution in [0.5, 0.6) is 5.75 Å². The fourth-order valence-corrected chi connectivity index (χ4v) is 5.03. The van der Waals surface area contributed by atoms with Gasteiger partial charge in [0.2, 0.25) is 5.91 Å². The maximum Gasteiger partial charge on any atom is 0.229 e. The van der Waals surface area contributed by atoms with Crippen LogP contribution in [0.15, 0.2) is 84.9 Å². The zero-order chi connectivity index (χ0) is 21.6. The van der Waals surface area contributed by atoms with E-state index in [1.807, 2.05) is 60.7 Å². The fourth-order valence-electron chi connectivity index (χ4n) is 3.73. The lowest BCUT2D eigenvalue weighted by molar-refractivity contribution is -0.133. The van der Waals surface area contributed by atoms with E-state index in [0.717, 1.165) is 22.4 Å². The number of amides is 1. The second kappa shape index (κ2) is 10.0. The molecule has 1 aliphatic heterocycles. The average molecular weight is 435 g/mol. The highest BCUT2D eigenvalue weighted by Gasteiger charge is 2.36. The number of thioether (sulfide) groups is 1. The molecule has 1 heterocycles. The molecule has 3 unspecified atom stereocenters. The largest absolute Gasteiger partial charge is 0.497 e. The molecule has 5 nitrogen and oxygen atoms in total. The molecule has 0 bridgehead atoms. The van der Waals surface area contributed by atoms with E-state index < -0.39 is 17.6 Å². The van der Waals surface area contributed by atoms with Gasteiger partial charge in [-0.1, -0.05) is 72.8 Å². The zero-order valence-corrected chi connectivity index (χ0v) is 18.1. The van der Waals surface area contributed by atoms with Crippen LogP contribution in [-0.2, 0) is 11.2 Å². The first-order chi connectivity index (χ1) is 15.1. The van der Waals surface area contributed by atoms with Crippen molar-refractivity contribution in [3.8, 4) is 5.75 Å². The predicted molar refractivity (Wildman–Crippen MR) is 124 cm³/mol. The molecule has 0 saturated carbocycles. The van der Waals surface area contributed by atoms with Crippen molar-refractivity contribution < 1.29 is 14.6 Å². The summed E-state index contributed by atoms with van der Waals surface area (Å²) in [7, 11) is 1.62. The number of nitrogens with one attached hydrogen (secondary N) is 2. The standard InChI is InChI=1S/C25H26N2O3S/c1-30-20-14-12-17(13-15-20)16-21-23(28)26-25(27-24(21)29)31-22(18-8-4-2-5-9-18)19-10-6-3-7-11-19/h2-15,21-23,25-26,28H,16H2,1H3,(H,27,29). The molecule has 1 saturated heterocycles.